The minimum absolute atomic E-state index is 0.145. The molecule has 2 heterocycles. The number of ether oxygens (including phenoxy) is 6. The van der Waals surface area contributed by atoms with Crippen LogP contribution >= 0.6 is 0 Å². The fourth-order valence-electron chi connectivity index (χ4n) is 8.14. The lowest BCUT2D eigenvalue weighted by Crippen LogP contribution is -2.70. The summed E-state index contributed by atoms with van der Waals surface area (Å²) in [4.78, 5) is 33.2. The molecule has 0 bridgehead atoms. The van der Waals surface area contributed by atoms with Gasteiger partial charge in [0.2, 0.25) is 0 Å². The minimum atomic E-state index is -1.59. The molecule has 10 unspecified atom stereocenters. The fourth-order valence-corrected chi connectivity index (χ4v) is 8.14. The van der Waals surface area contributed by atoms with Crippen LogP contribution in [0, 0.1) is 17.8 Å². The van der Waals surface area contributed by atoms with Gasteiger partial charge in [-0.2, -0.15) is 0 Å². The van der Waals surface area contributed by atoms with Crippen LogP contribution in [0.4, 0.5) is 9.59 Å². The van der Waals surface area contributed by atoms with E-state index in [4.69, 9.17) is 33.4 Å². The molecule has 2 aliphatic heterocycles. The molecule has 3 aliphatic rings. The molecule has 1 saturated heterocycles. The van der Waals surface area contributed by atoms with Crippen molar-refractivity contribution >= 4 is 18.1 Å². The smallest absolute Gasteiger partial charge is 0.410 e. The zero-order chi connectivity index (χ0) is 40.8. The van der Waals surface area contributed by atoms with Crippen LogP contribution in [0.2, 0.25) is 0 Å². The number of aliphatic hydroxyl groups is 2. The molecule has 4 N–H and O–H groups in total. The maximum absolute atomic E-state index is 13.4. The monoisotopic (exact) mass is 769 g/mol. The lowest BCUT2D eigenvalue weighted by atomic mass is 9.61. The molecule has 0 aromatic rings. The second-order valence-corrected chi connectivity index (χ2v) is 18.4. The van der Waals surface area contributed by atoms with E-state index >= 15 is 0 Å². The second kappa shape index (κ2) is 18.5. The summed E-state index contributed by atoms with van der Waals surface area (Å²) in [5.41, 5.74) is -3.61. The average molecular weight is 769 g/mol. The summed E-state index contributed by atoms with van der Waals surface area (Å²) < 4.78 is 36.2. The van der Waals surface area contributed by atoms with E-state index in [0.717, 1.165) is 12.2 Å². The molecular formula is C40H72N4O10. The van der Waals surface area contributed by atoms with E-state index in [1.807, 2.05) is 48.5 Å². The number of amides is 2. The summed E-state index contributed by atoms with van der Waals surface area (Å²) in [5.74, 6) is 0.302. The van der Waals surface area contributed by atoms with E-state index in [-0.39, 0.29) is 24.5 Å². The highest BCUT2D eigenvalue weighted by molar-refractivity contribution is 5.74. The molecule has 0 radical (unpaired) electrons. The number of hydrogen-bond acceptors (Lipinski definition) is 12. The molecule has 14 heteroatoms. The normalized spacial score (nSPS) is 32.6. The van der Waals surface area contributed by atoms with Gasteiger partial charge in [-0.15, -0.1) is 0 Å². The van der Waals surface area contributed by atoms with Gasteiger partial charge in [0.25, 0.3) is 0 Å². The molecule has 0 aromatic carbocycles. The molecule has 54 heavy (non-hydrogen) atoms. The Bertz CT molecular complexity index is 1300. The lowest BCUT2D eigenvalue weighted by molar-refractivity contribution is -0.227. The van der Waals surface area contributed by atoms with E-state index in [1.165, 1.54) is 11.9 Å². The van der Waals surface area contributed by atoms with Gasteiger partial charge < -0.3 is 54.2 Å². The number of allylic oxidation sites excluding steroid dienone is 1. The first-order valence-corrected chi connectivity index (χ1v) is 19.7. The standard InChI is InChI=1S/C40H72N4O10/c1-15-49-20-19-41-22-26-17-16-18-29(51-26)30-24(2)31(33-32(45)34(40(13,48)23-50-33)44(14)36(47)54-39(10,11)12)28(42-25(3)52-37(4,5)6)21-27(30)43-35(46)53-38(7,8)9/h17,24,27-34,41,45,48H,15-16,18-23H2,1-14H3,(H,43,46). The maximum atomic E-state index is 13.4. The van der Waals surface area contributed by atoms with Crippen LogP contribution in [0.3, 0.4) is 0 Å². The largest absolute Gasteiger partial charge is 0.493 e. The summed E-state index contributed by atoms with van der Waals surface area (Å²) in [5, 5.41) is 30.4. The van der Waals surface area contributed by atoms with Crippen LogP contribution in [-0.4, -0.2) is 132 Å². The first kappa shape index (κ1) is 45.7. The fraction of sp³-hybridized carbons (Fsp3) is 0.875. The van der Waals surface area contributed by atoms with Crippen LogP contribution < -0.4 is 10.6 Å². The third-order valence-electron chi connectivity index (χ3n) is 9.95. The summed E-state index contributed by atoms with van der Waals surface area (Å²) in [7, 11) is 1.52. The number of alkyl carbamates (subject to hydrolysis) is 1. The molecule has 1 aliphatic carbocycles. The molecule has 0 spiro atoms. The van der Waals surface area contributed by atoms with E-state index in [9.17, 15) is 19.8 Å². The molecule has 10 atom stereocenters. The Morgan fingerprint density at radius 1 is 1.04 bits per heavy atom. The highest BCUT2D eigenvalue weighted by atomic mass is 16.6. The van der Waals surface area contributed by atoms with Crippen LogP contribution in [0.15, 0.2) is 16.8 Å². The van der Waals surface area contributed by atoms with E-state index < -0.39 is 70.8 Å². The SMILES string of the molecule is CCOCCNCC1=CCCC(C2C(NC(=O)OC(C)(C)C)CC(N=C(C)OC(C)(C)C)C(C3OCC(C)(O)C(N(C)C(=O)OC(C)(C)C)C3O)C2C)O1. The van der Waals surface area contributed by atoms with Gasteiger partial charge in [-0.25, -0.2) is 9.59 Å². The summed E-state index contributed by atoms with van der Waals surface area (Å²) in [6.45, 7) is 26.3. The number of likely N-dealkylation sites (N-methyl/N-ethyl adjacent to an activating group) is 1. The van der Waals surface area contributed by atoms with Gasteiger partial charge in [0, 0.05) is 45.0 Å². The quantitative estimate of drug-likeness (QED) is 0.124. The van der Waals surface area contributed by atoms with E-state index in [2.05, 4.69) is 23.6 Å². The Kier molecular flexibility index (Phi) is 15.7. The number of aliphatic imine (C=N–C) groups is 1. The molecule has 1 saturated carbocycles. The highest BCUT2D eigenvalue weighted by Gasteiger charge is 2.57. The Hall–Kier alpha value is -2.65. The molecule has 3 rings (SSSR count). The second-order valence-electron chi connectivity index (χ2n) is 18.4. The van der Waals surface area contributed by atoms with Gasteiger partial charge in [-0.05, 0) is 107 Å². The van der Waals surface area contributed by atoms with Gasteiger partial charge in [0.15, 0.2) is 5.90 Å². The van der Waals surface area contributed by atoms with Crippen molar-refractivity contribution in [2.45, 2.75) is 168 Å². The lowest BCUT2D eigenvalue weighted by Gasteiger charge is -2.55. The Morgan fingerprint density at radius 2 is 1.67 bits per heavy atom. The Labute approximate surface area is 324 Å². The average Bonchev–Trinajstić information content (AvgIpc) is 2.99. The topological polar surface area (TPSA) is 170 Å². The van der Waals surface area contributed by atoms with Crippen molar-refractivity contribution in [2.75, 3.05) is 40.0 Å². The minimum Gasteiger partial charge on any atom is -0.493 e. The van der Waals surface area contributed by atoms with Gasteiger partial charge >= 0.3 is 12.2 Å². The third-order valence-corrected chi connectivity index (χ3v) is 9.95. The molecule has 2 fully saturated rings. The molecule has 2 amide bonds. The predicted molar refractivity (Wildman–Crippen MR) is 207 cm³/mol. The van der Waals surface area contributed by atoms with E-state index in [0.29, 0.717) is 45.0 Å². The van der Waals surface area contributed by atoms with Gasteiger partial charge in [0.1, 0.15) is 40.4 Å². The first-order chi connectivity index (χ1) is 24.8. The number of nitrogens with one attached hydrogen (secondary N) is 2. The zero-order valence-corrected chi connectivity index (χ0v) is 35.5. The Morgan fingerprint density at radius 3 is 2.26 bits per heavy atom. The zero-order valence-electron chi connectivity index (χ0n) is 35.5. The van der Waals surface area contributed by atoms with Gasteiger partial charge in [-0.3, -0.25) is 4.99 Å². The van der Waals surface area contributed by atoms with Crippen molar-refractivity contribution in [3.8, 4) is 0 Å². The van der Waals surface area contributed by atoms with Crippen molar-refractivity contribution in [1.82, 2.24) is 15.5 Å². The summed E-state index contributed by atoms with van der Waals surface area (Å²) in [6.07, 6.45) is 0.266. The first-order valence-electron chi connectivity index (χ1n) is 19.7. The van der Waals surface area contributed by atoms with E-state index in [1.54, 1.807) is 34.6 Å². The Balaban J connectivity index is 2.08. The van der Waals surface area contributed by atoms with Gasteiger partial charge in [-0.1, -0.05) is 6.92 Å². The number of aliphatic hydroxyl groups excluding tert-OH is 1. The number of rotatable bonds is 11. The highest BCUT2D eigenvalue weighted by Crippen LogP contribution is 2.47. The summed E-state index contributed by atoms with van der Waals surface area (Å²) in [6, 6.07) is -2.00. The van der Waals surface area contributed by atoms with Crippen molar-refractivity contribution in [3.63, 3.8) is 0 Å². The molecule has 14 nitrogen and oxygen atoms in total. The maximum Gasteiger partial charge on any atom is 0.410 e. The van der Waals surface area contributed by atoms with Crippen molar-refractivity contribution < 1.29 is 48.2 Å². The number of carbonyl (C=O) groups excluding carboxylic acids is 2. The van der Waals surface area contributed by atoms with Crippen molar-refractivity contribution in [1.29, 1.82) is 0 Å². The van der Waals surface area contributed by atoms with Crippen LogP contribution in [-0.2, 0) is 28.4 Å². The van der Waals surface area contributed by atoms with Crippen LogP contribution in [0.25, 0.3) is 0 Å². The molecule has 312 valence electrons. The third kappa shape index (κ3) is 13.2. The van der Waals surface area contributed by atoms with Crippen molar-refractivity contribution in [3.05, 3.63) is 11.8 Å². The van der Waals surface area contributed by atoms with Crippen molar-refractivity contribution in [2.24, 2.45) is 22.7 Å². The van der Waals surface area contributed by atoms with Gasteiger partial charge in [0.05, 0.1) is 37.9 Å². The molecular weight excluding hydrogens is 696 g/mol. The number of carbonyl (C=O) groups is 2. The number of nitrogens with zero attached hydrogens (tertiary/aromatic N) is 2. The summed E-state index contributed by atoms with van der Waals surface area (Å²) >= 11 is 0. The number of hydrogen-bond donors (Lipinski definition) is 4. The van der Waals surface area contributed by atoms with Crippen LogP contribution in [0.1, 0.15) is 109 Å². The van der Waals surface area contributed by atoms with Crippen LogP contribution in [0.5, 0.6) is 0 Å². The molecule has 0 aromatic heterocycles. The predicted octanol–water partition coefficient (Wildman–Crippen LogP) is 5.19.